The quantitative estimate of drug-likeness (QED) is 0.802. The molecule has 0 bridgehead atoms. The number of nitrogen functional groups attached to an aromatic ring is 1. The summed E-state index contributed by atoms with van der Waals surface area (Å²) < 4.78 is 5.22. The summed E-state index contributed by atoms with van der Waals surface area (Å²) in [7, 11) is 3.85. The van der Waals surface area contributed by atoms with Gasteiger partial charge < -0.3 is 20.7 Å². The third kappa shape index (κ3) is 3.53. The molecule has 18 heavy (non-hydrogen) atoms. The molecule has 1 fully saturated rings. The van der Waals surface area contributed by atoms with E-state index in [-0.39, 0.29) is 0 Å². The van der Waals surface area contributed by atoms with Crippen LogP contribution in [0, 0.1) is 5.92 Å². The highest BCUT2D eigenvalue weighted by Crippen LogP contribution is 2.23. The maximum atomic E-state index is 5.84. The lowest BCUT2D eigenvalue weighted by Gasteiger charge is -2.30. The number of nitrogens with one attached hydrogen (secondary N) is 1. The Morgan fingerprint density at radius 2 is 2.28 bits per heavy atom. The molecule has 0 saturated carbocycles. The summed E-state index contributed by atoms with van der Waals surface area (Å²) >= 11 is 0. The summed E-state index contributed by atoms with van der Waals surface area (Å²) in [5, 5.41) is 3.46. The van der Waals surface area contributed by atoms with E-state index in [0.717, 1.165) is 29.6 Å². The predicted octanol–water partition coefficient (Wildman–Crippen LogP) is 2.03. The van der Waals surface area contributed by atoms with Gasteiger partial charge in [0, 0.05) is 36.6 Å². The van der Waals surface area contributed by atoms with Gasteiger partial charge >= 0.3 is 0 Å². The largest absolute Gasteiger partial charge is 0.497 e. The summed E-state index contributed by atoms with van der Waals surface area (Å²) in [5.74, 6) is 1.52. The molecule has 4 nitrogen and oxygen atoms in total. The van der Waals surface area contributed by atoms with E-state index in [9.17, 15) is 0 Å². The van der Waals surface area contributed by atoms with Gasteiger partial charge in [-0.2, -0.15) is 0 Å². The lowest BCUT2D eigenvalue weighted by Crippen LogP contribution is -2.35. The van der Waals surface area contributed by atoms with Crippen LogP contribution in [0.2, 0.25) is 0 Å². The molecule has 1 aliphatic rings. The summed E-state index contributed by atoms with van der Waals surface area (Å²) in [6, 6.07) is 5.78. The van der Waals surface area contributed by atoms with Crippen LogP contribution in [0.5, 0.6) is 5.75 Å². The van der Waals surface area contributed by atoms with Crippen molar-refractivity contribution in [2.45, 2.75) is 12.8 Å². The zero-order valence-corrected chi connectivity index (χ0v) is 11.3. The van der Waals surface area contributed by atoms with Crippen LogP contribution >= 0.6 is 0 Å². The van der Waals surface area contributed by atoms with Crippen molar-refractivity contribution in [1.29, 1.82) is 0 Å². The molecule has 100 valence electrons. The first-order valence-corrected chi connectivity index (χ1v) is 6.54. The molecule has 0 aliphatic carbocycles. The Morgan fingerprint density at radius 3 is 3.00 bits per heavy atom. The topological polar surface area (TPSA) is 50.5 Å². The number of nitrogens with two attached hydrogens (primary N) is 1. The number of anilines is 2. The normalized spacial score (nSPS) is 20.7. The van der Waals surface area contributed by atoms with Crippen LogP contribution in [0.15, 0.2) is 18.2 Å². The van der Waals surface area contributed by atoms with E-state index < -0.39 is 0 Å². The molecule has 0 amide bonds. The van der Waals surface area contributed by atoms with E-state index in [4.69, 9.17) is 10.5 Å². The summed E-state index contributed by atoms with van der Waals surface area (Å²) in [5.41, 5.74) is 7.61. The Bertz CT molecular complexity index is 395. The molecule has 0 spiro atoms. The van der Waals surface area contributed by atoms with Gasteiger partial charge in [0.05, 0.1) is 7.11 Å². The van der Waals surface area contributed by atoms with Crippen LogP contribution in [-0.2, 0) is 0 Å². The van der Waals surface area contributed by atoms with E-state index in [1.807, 2.05) is 18.2 Å². The first-order valence-electron chi connectivity index (χ1n) is 6.54. The van der Waals surface area contributed by atoms with Gasteiger partial charge in [-0.1, -0.05) is 0 Å². The molecule has 3 N–H and O–H groups in total. The highest BCUT2D eigenvalue weighted by atomic mass is 16.5. The highest BCUT2D eigenvalue weighted by Gasteiger charge is 2.16. The lowest BCUT2D eigenvalue weighted by molar-refractivity contribution is 0.217. The predicted molar refractivity (Wildman–Crippen MR) is 76.1 cm³/mol. The van der Waals surface area contributed by atoms with Gasteiger partial charge in [-0.05, 0) is 38.4 Å². The number of hydrogen-bond acceptors (Lipinski definition) is 4. The maximum Gasteiger partial charge on any atom is 0.122 e. The van der Waals surface area contributed by atoms with Crippen LogP contribution in [0.3, 0.4) is 0 Å². The Labute approximate surface area is 109 Å². The lowest BCUT2D eigenvalue weighted by atomic mass is 9.98. The van der Waals surface area contributed by atoms with E-state index in [1.165, 1.54) is 25.9 Å². The fourth-order valence-electron chi connectivity index (χ4n) is 2.54. The summed E-state index contributed by atoms with van der Waals surface area (Å²) in [6.45, 7) is 3.39. The van der Waals surface area contributed by atoms with Crippen LogP contribution in [0.4, 0.5) is 11.4 Å². The van der Waals surface area contributed by atoms with Crippen molar-refractivity contribution in [2.75, 3.05) is 44.8 Å². The molecular weight excluding hydrogens is 226 g/mol. The Balaban J connectivity index is 1.91. The van der Waals surface area contributed by atoms with Crippen LogP contribution < -0.4 is 15.8 Å². The van der Waals surface area contributed by atoms with E-state index in [2.05, 4.69) is 17.3 Å². The molecule has 1 aromatic carbocycles. The average molecular weight is 249 g/mol. The Kier molecular flexibility index (Phi) is 4.31. The molecule has 1 aliphatic heterocycles. The third-order valence-electron chi connectivity index (χ3n) is 3.48. The maximum absolute atomic E-state index is 5.84. The fourth-order valence-corrected chi connectivity index (χ4v) is 2.54. The first kappa shape index (κ1) is 13.0. The average Bonchev–Trinajstić information content (AvgIpc) is 2.36. The van der Waals surface area contributed by atoms with Crippen molar-refractivity contribution in [3.63, 3.8) is 0 Å². The minimum Gasteiger partial charge on any atom is -0.497 e. The monoisotopic (exact) mass is 249 g/mol. The Morgan fingerprint density at radius 1 is 1.44 bits per heavy atom. The SMILES string of the molecule is COc1cc(N)cc(NCC2CCCN(C)C2)c1. The number of piperidine rings is 1. The second-order valence-corrected chi connectivity index (χ2v) is 5.15. The number of methoxy groups -OCH3 is 1. The van der Waals surface area contributed by atoms with Gasteiger partial charge in [0.15, 0.2) is 0 Å². The molecule has 1 unspecified atom stereocenters. The number of rotatable bonds is 4. The molecule has 4 heteroatoms. The molecule has 0 aromatic heterocycles. The molecule has 1 saturated heterocycles. The van der Waals surface area contributed by atoms with Gasteiger partial charge in [-0.15, -0.1) is 0 Å². The minimum absolute atomic E-state index is 0.719. The van der Waals surface area contributed by atoms with Crippen molar-refractivity contribution in [3.8, 4) is 5.75 Å². The van der Waals surface area contributed by atoms with E-state index in [1.54, 1.807) is 7.11 Å². The highest BCUT2D eigenvalue weighted by molar-refractivity contribution is 5.59. The molecule has 0 radical (unpaired) electrons. The number of likely N-dealkylation sites (tertiary alicyclic amines) is 1. The summed E-state index contributed by atoms with van der Waals surface area (Å²) in [4.78, 5) is 2.40. The molecule has 1 atom stereocenters. The zero-order chi connectivity index (χ0) is 13.0. The second kappa shape index (κ2) is 5.96. The van der Waals surface area contributed by atoms with Crippen molar-refractivity contribution >= 4 is 11.4 Å². The van der Waals surface area contributed by atoms with Crippen LogP contribution in [0.25, 0.3) is 0 Å². The standard InChI is InChI=1S/C14H23N3O/c1-17-5-3-4-11(10-17)9-16-13-6-12(15)7-14(8-13)18-2/h6-8,11,16H,3-5,9-10,15H2,1-2H3. The molecular formula is C14H23N3O. The fraction of sp³-hybridized carbons (Fsp3) is 0.571. The Hall–Kier alpha value is -1.42. The second-order valence-electron chi connectivity index (χ2n) is 5.15. The first-order chi connectivity index (χ1) is 8.67. The van der Waals surface area contributed by atoms with Crippen molar-refractivity contribution in [2.24, 2.45) is 5.92 Å². The molecule has 1 heterocycles. The minimum atomic E-state index is 0.719. The van der Waals surface area contributed by atoms with E-state index in [0.29, 0.717) is 0 Å². The van der Waals surface area contributed by atoms with E-state index >= 15 is 0 Å². The molecule has 2 rings (SSSR count). The van der Waals surface area contributed by atoms with Crippen molar-refractivity contribution < 1.29 is 4.74 Å². The van der Waals surface area contributed by atoms with Gasteiger partial charge in [0.1, 0.15) is 5.75 Å². The van der Waals surface area contributed by atoms with Gasteiger partial charge in [-0.3, -0.25) is 0 Å². The number of nitrogens with zero attached hydrogens (tertiary/aromatic N) is 1. The van der Waals surface area contributed by atoms with Crippen molar-refractivity contribution in [3.05, 3.63) is 18.2 Å². The van der Waals surface area contributed by atoms with Gasteiger partial charge in [-0.25, -0.2) is 0 Å². The van der Waals surface area contributed by atoms with Crippen molar-refractivity contribution in [1.82, 2.24) is 4.90 Å². The number of benzene rings is 1. The van der Waals surface area contributed by atoms with Crippen LogP contribution in [0.1, 0.15) is 12.8 Å². The van der Waals surface area contributed by atoms with Gasteiger partial charge in [0.25, 0.3) is 0 Å². The summed E-state index contributed by atoms with van der Waals surface area (Å²) in [6.07, 6.45) is 2.60. The smallest absolute Gasteiger partial charge is 0.122 e. The zero-order valence-electron chi connectivity index (χ0n) is 11.3. The molecule has 1 aromatic rings. The van der Waals surface area contributed by atoms with Crippen LogP contribution in [-0.4, -0.2) is 38.7 Å². The third-order valence-corrected chi connectivity index (χ3v) is 3.48. The van der Waals surface area contributed by atoms with Gasteiger partial charge in [0.2, 0.25) is 0 Å². The number of hydrogen-bond donors (Lipinski definition) is 2. The number of ether oxygens (including phenoxy) is 1.